The minimum Gasteiger partial charge on any atom is -0.358 e. The van der Waals surface area contributed by atoms with E-state index in [0.29, 0.717) is 0 Å². The van der Waals surface area contributed by atoms with Gasteiger partial charge in [0.15, 0.2) is 5.65 Å². The number of hydrogen-bond acceptors (Lipinski definition) is 4. The summed E-state index contributed by atoms with van der Waals surface area (Å²) in [5.74, 6) is 0.918. The van der Waals surface area contributed by atoms with E-state index in [1.54, 1.807) is 0 Å². The van der Waals surface area contributed by atoms with Crippen molar-refractivity contribution in [3.05, 3.63) is 23.0 Å². The Hall–Kier alpha value is -2.11. The van der Waals surface area contributed by atoms with Crippen molar-refractivity contribution in [2.24, 2.45) is 0 Å². The number of carbonyl (C=O) groups excluding carboxylic acids is 1. The molecule has 0 aromatic carbocycles. The number of rotatable bonds is 3. The van der Waals surface area contributed by atoms with E-state index in [4.69, 9.17) is 0 Å². The maximum atomic E-state index is 12.2. The zero-order chi connectivity index (χ0) is 15.7. The van der Waals surface area contributed by atoms with Gasteiger partial charge in [0, 0.05) is 23.9 Å². The Morgan fingerprint density at radius 2 is 2.23 bits per heavy atom. The number of anilines is 1. The second-order valence-electron chi connectivity index (χ2n) is 5.92. The summed E-state index contributed by atoms with van der Waals surface area (Å²) in [5.41, 5.74) is 3.93. The molecule has 22 heavy (non-hydrogen) atoms. The third-order valence-corrected chi connectivity index (χ3v) is 4.33. The van der Waals surface area contributed by atoms with E-state index >= 15 is 0 Å². The molecular weight excluding hydrogens is 278 g/mol. The smallest absolute Gasteiger partial charge is 0.242 e. The van der Waals surface area contributed by atoms with E-state index < -0.39 is 0 Å². The van der Waals surface area contributed by atoms with Crippen LogP contribution in [0.3, 0.4) is 0 Å². The van der Waals surface area contributed by atoms with Gasteiger partial charge in [-0.3, -0.25) is 4.79 Å². The van der Waals surface area contributed by atoms with Crippen molar-refractivity contribution < 1.29 is 4.79 Å². The zero-order valence-electron chi connectivity index (χ0n) is 13.4. The first-order valence-electron chi connectivity index (χ1n) is 8.00. The Morgan fingerprint density at radius 1 is 1.41 bits per heavy atom. The first-order chi connectivity index (χ1) is 10.6. The Morgan fingerprint density at radius 3 is 3.00 bits per heavy atom. The van der Waals surface area contributed by atoms with Crippen molar-refractivity contribution >= 4 is 17.4 Å². The summed E-state index contributed by atoms with van der Waals surface area (Å²) in [7, 11) is 0. The fraction of sp³-hybridized carbons (Fsp3) is 0.562. The molecule has 6 heteroatoms. The molecule has 0 spiro atoms. The van der Waals surface area contributed by atoms with Gasteiger partial charge in [0.25, 0.3) is 0 Å². The van der Waals surface area contributed by atoms with E-state index in [-0.39, 0.29) is 11.9 Å². The van der Waals surface area contributed by atoms with E-state index in [0.717, 1.165) is 60.6 Å². The van der Waals surface area contributed by atoms with Crippen LogP contribution in [0.5, 0.6) is 0 Å². The van der Waals surface area contributed by atoms with Crippen LogP contribution in [-0.2, 0) is 11.2 Å². The third-order valence-electron chi connectivity index (χ3n) is 4.33. The molecule has 2 N–H and O–H groups in total. The number of hydrogen-bond donors (Lipinski definition) is 2. The molecule has 0 saturated carbocycles. The van der Waals surface area contributed by atoms with Crippen molar-refractivity contribution in [2.75, 3.05) is 11.9 Å². The van der Waals surface area contributed by atoms with Crippen molar-refractivity contribution in [3.63, 3.8) is 0 Å². The van der Waals surface area contributed by atoms with Crippen LogP contribution in [0, 0.1) is 13.8 Å². The topological polar surface area (TPSA) is 71.3 Å². The summed E-state index contributed by atoms with van der Waals surface area (Å²) < 4.78 is 1.82. The minimum atomic E-state index is -0.206. The first kappa shape index (κ1) is 14.8. The minimum absolute atomic E-state index is 0.0705. The first-order valence-corrected chi connectivity index (χ1v) is 8.00. The lowest BCUT2D eigenvalue weighted by atomic mass is 10.1. The van der Waals surface area contributed by atoms with Crippen LogP contribution < -0.4 is 10.6 Å². The van der Waals surface area contributed by atoms with Crippen LogP contribution in [0.4, 0.5) is 5.82 Å². The highest BCUT2D eigenvalue weighted by Gasteiger charge is 2.22. The number of aryl methyl sites for hydroxylation is 3. The molecule has 1 aliphatic rings. The zero-order valence-corrected chi connectivity index (χ0v) is 13.4. The van der Waals surface area contributed by atoms with E-state index in [1.165, 1.54) is 0 Å². The lowest BCUT2D eigenvalue weighted by molar-refractivity contribution is -0.121. The van der Waals surface area contributed by atoms with Gasteiger partial charge in [0.05, 0.1) is 5.69 Å². The normalized spacial score (nSPS) is 19.0. The average Bonchev–Trinajstić information content (AvgIpc) is 2.68. The van der Waals surface area contributed by atoms with Gasteiger partial charge in [-0.25, -0.2) is 4.98 Å². The summed E-state index contributed by atoms with van der Waals surface area (Å²) >= 11 is 0. The van der Waals surface area contributed by atoms with E-state index in [2.05, 4.69) is 27.6 Å². The molecule has 2 aromatic rings. The van der Waals surface area contributed by atoms with E-state index in [9.17, 15) is 4.79 Å². The quantitative estimate of drug-likeness (QED) is 0.909. The molecular formula is C16H23N5O. The second kappa shape index (κ2) is 5.94. The molecule has 0 unspecified atom stereocenters. The number of carbonyl (C=O) groups is 1. The predicted octanol–water partition coefficient (Wildman–Crippen LogP) is 1.99. The maximum absolute atomic E-state index is 12.2. The molecule has 118 valence electrons. The predicted molar refractivity (Wildman–Crippen MR) is 86.1 cm³/mol. The molecule has 1 amide bonds. The second-order valence-corrected chi connectivity index (χ2v) is 5.92. The summed E-state index contributed by atoms with van der Waals surface area (Å²) in [6, 6.07) is 1.79. The molecule has 2 aromatic heterocycles. The molecule has 0 bridgehead atoms. The van der Waals surface area contributed by atoms with Crippen molar-refractivity contribution in [3.8, 4) is 0 Å². The number of fused-ring (bicyclic) bond motifs is 1. The number of nitrogens with one attached hydrogen (secondary N) is 2. The summed E-state index contributed by atoms with van der Waals surface area (Å²) in [6.07, 6.45) is 3.78. The Kier molecular flexibility index (Phi) is 4.00. The molecule has 3 heterocycles. The molecule has 1 aliphatic heterocycles. The Balaban J connectivity index is 2.01. The highest BCUT2D eigenvalue weighted by Crippen LogP contribution is 2.20. The van der Waals surface area contributed by atoms with Crippen LogP contribution in [0.2, 0.25) is 0 Å². The Labute approximate surface area is 130 Å². The molecule has 3 rings (SSSR count). The largest absolute Gasteiger partial charge is 0.358 e. The number of amides is 1. The fourth-order valence-electron chi connectivity index (χ4n) is 2.82. The molecule has 0 aliphatic carbocycles. The lowest BCUT2D eigenvalue weighted by Gasteiger charge is -2.17. The molecule has 1 saturated heterocycles. The molecule has 0 radical (unpaired) electrons. The van der Waals surface area contributed by atoms with Gasteiger partial charge in [-0.15, -0.1) is 0 Å². The van der Waals surface area contributed by atoms with Gasteiger partial charge in [-0.05, 0) is 39.5 Å². The molecule has 6 nitrogen and oxygen atoms in total. The van der Waals surface area contributed by atoms with Crippen LogP contribution in [-0.4, -0.2) is 33.1 Å². The summed E-state index contributed by atoms with van der Waals surface area (Å²) in [5, 5.41) is 10.9. The summed E-state index contributed by atoms with van der Waals surface area (Å²) in [6.45, 7) is 6.87. The van der Waals surface area contributed by atoms with Crippen LogP contribution in [0.25, 0.3) is 5.65 Å². The average molecular weight is 301 g/mol. The fourth-order valence-corrected chi connectivity index (χ4v) is 2.82. The molecule has 1 fully saturated rings. The highest BCUT2D eigenvalue weighted by molar-refractivity contribution is 5.84. The maximum Gasteiger partial charge on any atom is 0.242 e. The Bertz CT molecular complexity index is 706. The van der Waals surface area contributed by atoms with E-state index in [1.807, 2.05) is 24.4 Å². The number of aromatic nitrogens is 3. The number of nitrogens with zero attached hydrogens (tertiary/aromatic N) is 3. The third kappa shape index (κ3) is 2.65. The van der Waals surface area contributed by atoms with Gasteiger partial charge in [0.2, 0.25) is 5.91 Å². The standard InChI is InChI=1S/C16H23N5O/c1-4-12-9-14(19-13-7-5-6-8-17-16(13)22)21-15(18-12)10(2)11(3)20-21/h9,13,19H,4-8H2,1-3H3,(H,17,22)/t13-/m1/s1. The van der Waals surface area contributed by atoms with Gasteiger partial charge >= 0.3 is 0 Å². The SMILES string of the molecule is CCc1cc(N[C@@H]2CCCCNC2=O)n2nc(C)c(C)c2n1. The van der Waals surface area contributed by atoms with Crippen molar-refractivity contribution in [1.82, 2.24) is 19.9 Å². The lowest BCUT2D eigenvalue weighted by Crippen LogP contribution is -2.38. The van der Waals surface area contributed by atoms with Gasteiger partial charge in [0.1, 0.15) is 11.9 Å². The van der Waals surface area contributed by atoms with Crippen molar-refractivity contribution in [2.45, 2.75) is 52.5 Å². The van der Waals surface area contributed by atoms with Gasteiger partial charge in [-0.1, -0.05) is 6.92 Å². The monoisotopic (exact) mass is 301 g/mol. The van der Waals surface area contributed by atoms with Crippen molar-refractivity contribution in [1.29, 1.82) is 0 Å². The van der Waals surface area contributed by atoms with Gasteiger partial charge < -0.3 is 10.6 Å². The van der Waals surface area contributed by atoms with Crippen LogP contribution >= 0.6 is 0 Å². The molecule has 1 atom stereocenters. The van der Waals surface area contributed by atoms with Crippen LogP contribution in [0.1, 0.15) is 43.1 Å². The summed E-state index contributed by atoms with van der Waals surface area (Å²) in [4.78, 5) is 16.8. The van der Waals surface area contributed by atoms with Crippen LogP contribution in [0.15, 0.2) is 6.07 Å². The highest BCUT2D eigenvalue weighted by atomic mass is 16.2. The van der Waals surface area contributed by atoms with Gasteiger partial charge in [-0.2, -0.15) is 9.61 Å².